The van der Waals surface area contributed by atoms with E-state index in [4.69, 9.17) is 0 Å². The molecule has 1 aliphatic rings. The topological polar surface area (TPSA) is 75.2 Å². The van der Waals surface area contributed by atoms with Crippen LogP contribution >= 0.6 is 0 Å². The number of nitrogens with one attached hydrogen (secondary N) is 1. The van der Waals surface area contributed by atoms with Gasteiger partial charge in [0.1, 0.15) is 5.82 Å². The van der Waals surface area contributed by atoms with E-state index >= 15 is 0 Å². The molecule has 7 heteroatoms. The smallest absolute Gasteiger partial charge is 0.214 e. The Kier molecular flexibility index (Phi) is 5.74. The fourth-order valence-electron chi connectivity index (χ4n) is 2.62. The zero-order valence-corrected chi connectivity index (χ0v) is 14.5. The Bertz CT molecular complexity index is 604. The lowest BCUT2D eigenvalue weighted by Gasteiger charge is -2.17. The molecule has 0 aromatic carbocycles. The van der Waals surface area contributed by atoms with Crippen LogP contribution in [0.5, 0.6) is 0 Å². The number of hydrogen-bond acceptors (Lipinski definition) is 5. The Morgan fingerprint density at radius 2 is 2.18 bits per heavy atom. The maximum Gasteiger partial charge on any atom is 0.214 e. The molecule has 2 rings (SSSR count). The Morgan fingerprint density at radius 3 is 2.91 bits per heavy atom. The summed E-state index contributed by atoms with van der Waals surface area (Å²) >= 11 is 0. The predicted molar refractivity (Wildman–Crippen MR) is 88.4 cm³/mol. The van der Waals surface area contributed by atoms with Gasteiger partial charge in [0.25, 0.3) is 0 Å². The van der Waals surface area contributed by atoms with E-state index in [1.54, 1.807) is 10.5 Å². The fourth-order valence-corrected chi connectivity index (χ4v) is 4.35. The van der Waals surface area contributed by atoms with Gasteiger partial charge in [-0.05, 0) is 32.6 Å². The third kappa shape index (κ3) is 4.39. The highest BCUT2D eigenvalue weighted by Crippen LogP contribution is 2.21. The van der Waals surface area contributed by atoms with Crippen molar-refractivity contribution in [3.05, 3.63) is 17.6 Å². The second kappa shape index (κ2) is 7.37. The number of rotatable bonds is 7. The molecule has 0 saturated carbocycles. The van der Waals surface area contributed by atoms with Gasteiger partial charge < -0.3 is 5.32 Å². The molecule has 6 nitrogen and oxygen atoms in total. The molecular formula is C15H26N4O2S. The largest absolute Gasteiger partial charge is 0.368 e. The lowest BCUT2D eigenvalue weighted by molar-refractivity contribution is 0.459. The molecular weight excluding hydrogens is 300 g/mol. The summed E-state index contributed by atoms with van der Waals surface area (Å²) in [5.41, 5.74) is 1.75. The molecule has 0 bridgehead atoms. The predicted octanol–water partition coefficient (Wildman–Crippen LogP) is 1.96. The lowest BCUT2D eigenvalue weighted by atomic mass is 10.1. The number of anilines is 1. The van der Waals surface area contributed by atoms with E-state index in [0.717, 1.165) is 43.0 Å². The molecule has 1 aromatic rings. The van der Waals surface area contributed by atoms with Crippen molar-refractivity contribution in [1.29, 1.82) is 0 Å². The van der Waals surface area contributed by atoms with Crippen molar-refractivity contribution in [2.45, 2.75) is 40.0 Å². The summed E-state index contributed by atoms with van der Waals surface area (Å²) in [5.74, 6) is 1.40. The average Bonchev–Trinajstić information content (AvgIpc) is 2.96. The number of nitrogens with zero attached hydrogens (tertiary/aromatic N) is 3. The van der Waals surface area contributed by atoms with E-state index in [2.05, 4.69) is 15.3 Å². The number of sulfonamides is 1. The third-order valence-corrected chi connectivity index (χ3v) is 5.95. The van der Waals surface area contributed by atoms with Crippen molar-refractivity contribution in [3.63, 3.8) is 0 Å². The average molecular weight is 326 g/mol. The van der Waals surface area contributed by atoms with E-state index in [0.29, 0.717) is 19.0 Å². The van der Waals surface area contributed by atoms with Gasteiger partial charge in [-0.2, -0.15) is 0 Å². The molecule has 1 aromatic heterocycles. The molecule has 124 valence electrons. The van der Waals surface area contributed by atoms with Crippen LogP contribution < -0.4 is 5.32 Å². The standard InChI is InChI=1S/C15H26N4O2S/c1-4-5-8-22(20,21)19-7-6-14(11-19)10-17-15-13(3)16-9-12(2)18-15/h9,14H,4-8,10-11H2,1-3H3,(H,17,18). The van der Waals surface area contributed by atoms with E-state index < -0.39 is 10.0 Å². The normalized spacial score (nSPS) is 19.5. The van der Waals surface area contributed by atoms with Crippen LogP contribution in [-0.4, -0.2) is 48.1 Å². The minimum atomic E-state index is -3.08. The first kappa shape index (κ1) is 17.1. The van der Waals surface area contributed by atoms with E-state index in [9.17, 15) is 8.42 Å². The van der Waals surface area contributed by atoms with Gasteiger partial charge in [0.15, 0.2) is 0 Å². The van der Waals surface area contributed by atoms with Crippen molar-refractivity contribution in [2.24, 2.45) is 5.92 Å². The van der Waals surface area contributed by atoms with Crippen LogP contribution in [0.25, 0.3) is 0 Å². The highest BCUT2D eigenvalue weighted by Gasteiger charge is 2.30. The molecule has 0 aliphatic carbocycles. The zero-order valence-electron chi connectivity index (χ0n) is 13.7. The van der Waals surface area contributed by atoms with Gasteiger partial charge >= 0.3 is 0 Å². The van der Waals surface area contributed by atoms with Crippen molar-refractivity contribution in [2.75, 3.05) is 30.7 Å². The van der Waals surface area contributed by atoms with Crippen LogP contribution in [0.15, 0.2) is 6.20 Å². The van der Waals surface area contributed by atoms with Gasteiger partial charge in [-0.3, -0.25) is 4.98 Å². The Hall–Kier alpha value is -1.21. The molecule has 1 atom stereocenters. The summed E-state index contributed by atoms with van der Waals surface area (Å²) in [6.07, 6.45) is 4.29. The molecule has 1 unspecified atom stereocenters. The number of unbranched alkanes of at least 4 members (excludes halogenated alkanes) is 1. The Labute approximate surface area is 133 Å². The first-order chi connectivity index (χ1) is 10.4. The van der Waals surface area contributed by atoms with Crippen LogP contribution in [0.1, 0.15) is 37.6 Å². The summed E-state index contributed by atoms with van der Waals surface area (Å²) in [6.45, 7) is 7.82. The summed E-state index contributed by atoms with van der Waals surface area (Å²) in [5, 5.41) is 3.32. The molecule has 1 N–H and O–H groups in total. The van der Waals surface area contributed by atoms with Crippen LogP contribution in [0.3, 0.4) is 0 Å². The van der Waals surface area contributed by atoms with Crippen molar-refractivity contribution in [1.82, 2.24) is 14.3 Å². The van der Waals surface area contributed by atoms with Crippen molar-refractivity contribution < 1.29 is 8.42 Å². The van der Waals surface area contributed by atoms with E-state index in [1.807, 2.05) is 20.8 Å². The van der Waals surface area contributed by atoms with Crippen LogP contribution in [0, 0.1) is 19.8 Å². The highest BCUT2D eigenvalue weighted by molar-refractivity contribution is 7.89. The monoisotopic (exact) mass is 326 g/mol. The summed E-state index contributed by atoms with van der Waals surface area (Å²) < 4.78 is 26.0. The van der Waals surface area contributed by atoms with Crippen LogP contribution in [0.2, 0.25) is 0 Å². The Balaban J connectivity index is 1.87. The van der Waals surface area contributed by atoms with Gasteiger partial charge in [0, 0.05) is 25.8 Å². The lowest BCUT2D eigenvalue weighted by Crippen LogP contribution is -2.31. The van der Waals surface area contributed by atoms with E-state index in [1.165, 1.54) is 0 Å². The van der Waals surface area contributed by atoms with Crippen molar-refractivity contribution in [3.8, 4) is 0 Å². The SMILES string of the molecule is CCCCS(=O)(=O)N1CCC(CNc2nc(C)cnc2C)C1. The minimum Gasteiger partial charge on any atom is -0.368 e. The first-order valence-electron chi connectivity index (χ1n) is 7.94. The zero-order chi connectivity index (χ0) is 16.2. The highest BCUT2D eigenvalue weighted by atomic mass is 32.2. The van der Waals surface area contributed by atoms with Gasteiger partial charge in [0.2, 0.25) is 10.0 Å². The van der Waals surface area contributed by atoms with E-state index in [-0.39, 0.29) is 5.75 Å². The fraction of sp³-hybridized carbons (Fsp3) is 0.733. The molecule has 0 radical (unpaired) electrons. The number of aryl methyl sites for hydroxylation is 2. The second-order valence-corrected chi connectivity index (χ2v) is 8.10. The molecule has 1 aliphatic heterocycles. The molecule has 22 heavy (non-hydrogen) atoms. The molecule has 1 fully saturated rings. The molecule has 0 amide bonds. The quantitative estimate of drug-likeness (QED) is 0.829. The third-order valence-electron chi connectivity index (χ3n) is 4.03. The number of aromatic nitrogens is 2. The molecule has 0 spiro atoms. The summed E-state index contributed by atoms with van der Waals surface area (Å²) in [6, 6.07) is 0. The molecule has 1 saturated heterocycles. The van der Waals surface area contributed by atoms with Gasteiger partial charge in [-0.25, -0.2) is 17.7 Å². The van der Waals surface area contributed by atoms with Gasteiger partial charge in [-0.15, -0.1) is 0 Å². The van der Waals surface area contributed by atoms with Crippen LogP contribution in [-0.2, 0) is 10.0 Å². The minimum absolute atomic E-state index is 0.270. The Morgan fingerprint density at radius 1 is 1.41 bits per heavy atom. The van der Waals surface area contributed by atoms with Gasteiger partial charge in [0.05, 0.1) is 17.1 Å². The first-order valence-corrected chi connectivity index (χ1v) is 9.55. The summed E-state index contributed by atoms with van der Waals surface area (Å²) in [7, 11) is -3.08. The maximum absolute atomic E-state index is 12.2. The molecule has 2 heterocycles. The van der Waals surface area contributed by atoms with Gasteiger partial charge in [-0.1, -0.05) is 13.3 Å². The second-order valence-electron chi connectivity index (χ2n) is 6.01. The number of hydrogen-bond donors (Lipinski definition) is 1. The summed E-state index contributed by atoms with van der Waals surface area (Å²) in [4.78, 5) is 8.72. The maximum atomic E-state index is 12.2. The van der Waals surface area contributed by atoms with Crippen LogP contribution in [0.4, 0.5) is 5.82 Å². The van der Waals surface area contributed by atoms with Crippen molar-refractivity contribution >= 4 is 15.8 Å².